The van der Waals surface area contributed by atoms with Crippen LogP contribution in [0.1, 0.15) is 127 Å². The molecular formula is C33H56O7. The number of hydrogen-bond acceptors (Lipinski definition) is 6. The van der Waals surface area contributed by atoms with Crippen LogP contribution in [0, 0.1) is 46.3 Å². The van der Waals surface area contributed by atoms with Gasteiger partial charge >= 0.3 is 17.9 Å². The average molecular weight is 565 g/mol. The van der Waals surface area contributed by atoms with Crippen LogP contribution in [-0.2, 0) is 28.7 Å². The maximum Gasteiger partial charge on any atom is 0.350 e. The molecule has 0 aliphatic heterocycles. The van der Waals surface area contributed by atoms with Crippen molar-refractivity contribution < 1.29 is 33.8 Å². The van der Waals surface area contributed by atoms with E-state index in [2.05, 4.69) is 25.5 Å². The minimum Gasteiger partial charge on any atom is -0.479 e. The number of carboxylic acid groups (broad SMARTS) is 1. The number of carbonyl (C=O) groups is 4. The van der Waals surface area contributed by atoms with Gasteiger partial charge in [-0.25, -0.2) is 9.59 Å². The Morgan fingerprint density at radius 2 is 1.50 bits per heavy atom. The zero-order chi connectivity index (χ0) is 30.5. The maximum absolute atomic E-state index is 12.2. The average Bonchev–Trinajstić information content (AvgIpc) is 3.26. The van der Waals surface area contributed by atoms with Crippen molar-refractivity contribution in [3.05, 3.63) is 0 Å². The molecule has 0 heterocycles. The zero-order valence-corrected chi connectivity index (χ0v) is 26.6. The molecule has 0 radical (unpaired) electrons. The fraction of sp³-hybridized carbons (Fsp3) is 0.879. The van der Waals surface area contributed by atoms with Gasteiger partial charge in [-0.15, -0.1) is 0 Å². The van der Waals surface area contributed by atoms with Crippen LogP contribution in [-0.4, -0.2) is 41.0 Å². The first-order valence-corrected chi connectivity index (χ1v) is 15.8. The summed E-state index contributed by atoms with van der Waals surface area (Å²) in [7, 11) is 0. The lowest BCUT2D eigenvalue weighted by atomic mass is 9.44. The molecule has 4 saturated carbocycles. The quantitative estimate of drug-likeness (QED) is 0.339. The predicted octanol–water partition coefficient (Wildman–Crippen LogP) is 7.24. The van der Waals surface area contributed by atoms with E-state index in [9.17, 15) is 19.2 Å². The Morgan fingerprint density at radius 3 is 2.08 bits per heavy atom. The summed E-state index contributed by atoms with van der Waals surface area (Å²) in [5.74, 6) is 2.80. The highest BCUT2D eigenvalue weighted by Crippen LogP contribution is 2.67. The van der Waals surface area contributed by atoms with Crippen molar-refractivity contribution in [2.24, 2.45) is 46.3 Å². The molecule has 4 aliphatic carbocycles. The second-order valence-electron chi connectivity index (χ2n) is 13.6. The molecule has 0 spiro atoms. The molecule has 4 aliphatic rings. The Bertz CT molecular complexity index is 910. The molecule has 4 fully saturated rings. The third-order valence-electron chi connectivity index (χ3n) is 10.9. The van der Waals surface area contributed by atoms with E-state index in [-0.39, 0.29) is 6.42 Å². The van der Waals surface area contributed by atoms with Gasteiger partial charge in [0.1, 0.15) is 5.78 Å². The van der Waals surface area contributed by atoms with Crippen LogP contribution >= 0.6 is 0 Å². The Hall–Kier alpha value is -1.92. The molecule has 7 heteroatoms. The number of hydrogen-bond donors (Lipinski definition) is 1. The molecule has 40 heavy (non-hydrogen) atoms. The number of ketones is 1. The third-order valence-corrected chi connectivity index (χ3v) is 10.9. The van der Waals surface area contributed by atoms with Gasteiger partial charge in [0.2, 0.25) is 5.60 Å². The highest BCUT2D eigenvalue weighted by Gasteiger charge is 2.60. The number of carbonyl (C=O) groups excluding carboxylic acids is 3. The van der Waals surface area contributed by atoms with Crippen molar-refractivity contribution >= 4 is 23.7 Å². The number of fused-ring (bicyclic) bond motifs is 5. The van der Waals surface area contributed by atoms with E-state index in [0.717, 1.165) is 29.6 Å². The molecule has 230 valence electrons. The number of esters is 2. The summed E-state index contributed by atoms with van der Waals surface area (Å²) >= 11 is 0. The lowest BCUT2D eigenvalue weighted by molar-refractivity contribution is -0.180. The SMILES string of the molecule is CC.CC(=O)C1CCC2C3CCC4CC(C)CCC4(C)C3CCC12C.CCC(=O)OC(C)(C)C(=O)OCC(=O)O. The van der Waals surface area contributed by atoms with Crippen molar-refractivity contribution in [2.75, 3.05) is 6.61 Å². The van der Waals surface area contributed by atoms with Gasteiger partial charge in [0.05, 0.1) is 0 Å². The Morgan fingerprint density at radius 1 is 0.900 bits per heavy atom. The summed E-state index contributed by atoms with van der Waals surface area (Å²) in [6.45, 7) is 17.0. The number of aliphatic carboxylic acids is 1. The summed E-state index contributed by atoms with van der Waals surface area (Å²) in [5, 5.41) is 8.27. The number of rotatable bonds is 6. The van der Waals surface area contributed by atoms with E-state index in [4.69, 9.17) is 9.84 Å². The highest BCUT2D eigenvalue weighted by atomic mass is 16.6. The molecule has 1 N–H and O–H groups in total. The first kappa shape index (κ1) is 34.3. The van der Waals surface area contributed by atoms with E-state index in [1.807, 2.05) is 20.8 Å². The van der Waals surface area contributed by atoms with Gasteiger partial charge in [-0.1, -0.05) is 48.0 Å². The van der Waals surface area contributed by atoms with Gasteiger partial charge < -0.3 is 14.6 Å². The summed E-state index contributed by atoms with van der Waals surface area (Å²) in [4.78, 5) is 44.5. The van der Waals surface area contributed by atoms with Crippen LogP contribution in [0.5, 0.6) is 0 Å². The molecule has 0 aromatic carbocycles. The minimum absolute atomic E-state index is 0.135. The molecule has 0 amide bonds. The van der Waals surface area contributed by atoms with Gasteiger partial charge in [-0.05, 0) is 113 Å². The summed E-state index contributed by atoms with van der Waals surface area (Å²) in [5.41, 5.74) is -0.508. The van der Waals surface area contributed by atoms with Crippen molar-refractivity contribution in [1.82, 2.24) is 0 Å². The monoisotopic (exact) mass is 564 g/mol. The standard InChI is InChI=1S/C22H36O.C9H14O6.C2H6/c1-14-9-11-21(3)16(13-14)5-6-17-19-8-7-18(15(2)23)22(19,4)12-10-20(17)21;1-4-7(12)15-9(2,3)8(13)14-5-6(10)11;1-2/h14,16-20H,5-13H2,1-4H3;4-5H2,1-3H3,(H,10,11);1-2H3. The van der Waals surface area contributed by atoms with E-state index in [1.54, 1.807) is 6.92 Å². The van der Waals surface area contributed by atoms with E-state index in [0.29, 0.717) is 22.5 Å². The van der Waals surface area contributed by atoms with Crippen LogP contribution in [0.2, 0.25) is 0 Å². The molecule has 7 nitrogen and oxygen atoms in total. The van der Waals surface area contributed by atoms with Gasteiger partial charge in [-0.3, -0.25) is 9.59 Å². The predicted molar refractivity (Wildman–Crippen MR) is 155 cm³/mol. The topological polar surface area (TPSA) is 107 Å². The fourth-order valence-electron chi connectivity index (χ4n) is 8.84. The van der Waals surface area contributed by atoms with Crippen molar-refractivity contribution in [3.8, 4) is 0 Å². The molecule has 8 unspecified atom stereocenters. The maximum atomic E-state index is 12.2. The highest BCUT2D eigenvalue weighted by molar-refractivity contribution is 5.84. The van der Waals surface area contributed by atoms with Crippen molar-refractivity contribution in [2.45, 2.75) is 132 Å². The second-order valence-corrected chi connectivity index (χ2v) is 13.6. The van der Waals surface area contributed by atoms with E-state index in [1.165, 1.54) is 71.6 Å². The number of carboxylic acids is 1. The van der Waals surface area contributed by atoms with Crippen LogP contribution in [0.3, 0.4) is 0 Å². The van der Waals surface area contributed by atoms with Crippen LogP contribution in [0.25, 0.3) is 0 Å². The smallest absolute Gasteiger partial charge is 0.350 e. The lowest BCUT2D eigenvalue weighted by Gasteiger charge is -2.61. The lowest BCUT2D eigenvalue weighted by Crippen LogP contribution is -2.53. The normalized spacial score (nSPS) is 36.1. The van der Waals surface area contributed by atoms with Gasteiger partial charge in [-0.2, -0.15) is 0 Å². The molecular weight excluding hydrogens is 508 g/mol. The van der Waals surface area contributed by atoms with Gasteiger partial charge in [0.25, 0.3) is 0 Å². The van der Waals surface area contributed by atoms with E-state index >= 15 is 0 Å². The first-order chi connectivity index (χ1) is 18.7. The Balaban J connectivity index is 0.000000289. The molecule has 0 bridgehead atoms. The van der Waals surface area contributed by atoms with Gasteiger partial charge in [0.15, 0.2) is 6.61 Å². The van der Waals surface area contributed by atoms with Crippen molar-refractivity contribution in [3.63, 3.8) is 0 Å². The van der Waals surface area contributed by atoms with Crippen molar-refractivity contribution in [1.29, 1.82) is 0 Å². The largest absolute Gasteiger partial charge is 0.479 e. The Labute approximate surface area is 242 Å². The fourth-order valence-corrected chi connectivity index (χ4v) is 8.84. The van der Waals surface area contributed by atoms with Gasteiger partial charge in [0, 0.05) is 12.3 Å². The molecule has 0 saturated heterocycles. The summed E-state index contributed by atoms with van der Waals surface area (Å²) < 4.78 is 9.17. The van der Waals surface area contributed by atoms with Crippen LogP contribution < -0.4 is 0 Å². The second kappa shape index (κ2) is 13.8. The Kier molecular flexibility index (Phi) is 11.9. The zero-order valence-electron chi connectivity index (χ0n) is 26.6. The van der Waals surface area contributed by atoms with E-state index < -0.39 is 30.1 Å². The first-order valence-electron chi connectivity index (χ1n) is 15.8. The number of ether oxygens (including phenoxy) is 2. The summed E-state index contributed by atoms with van der Waals surface area (Å²) in [6.07, 6.45) is 12.7. The molecule has 0 aromatic rings. The summed E-state index contributed by atoms with van der Waals surface area (Å²) in [6, 6.07) is 0. The molecule has 0 aromatic heterocycles. The minimum atomic E-state index is -1.46. The molecule has 8 atom stereocenters. The van der Waals surface area contributed by atoms with Crippen LogP contribution in [0.4, 0.5) is 0 Å². The number of Topliss-reactive ketones (excluding diaryl/α,β-unsaturated/α-hetero) is 1. The molecule has 4 rings (SSSR count). The third kappa shape index (κ3) is 7.28. The van der Waals surface area contributed by atoms with Crippen LogP contribution in [0.15, 0.2) is 0 Å².